The van der Waals surface area contributed by atoms with Gasteiger partial charge in [-0.2, -0.15) is 23.5 Å². The Labute approximate surface area is 152 Å². The molecule has 23 heavy (non-hydrogen) atoms. The molecule has 2 heteroatoms. The molecule has 4 fully saturated rings. The van der Waals surface area contributed by atoms with E-state index in [1.165, 1.54) is 57.8 Å². The van der Waals surface area contributed by atoms with Crippen LogP contribution in [0.15, 0.2) is 0 Å². The first kappa shape index (κ1) is 17.1. The summed E-state index contributed by atoms with van der Waals surface area (Å²) in [6.07, 6.45) is 19.9. The van der Waals surface area contributed by atoms with Crippen molar-refractivity contribution in [2.45, 2.75) is 111 Å². The predicted octanol–water partition coefficient (Wildman–Crippen LogP) is 6.92. The summed E-state index contributed by atoms with van der Waals surface area (Å²) in [6, 6.07) is 0. The summed E-state index contributed by atoms with van der Waals surface area (Å²) in [5.41, 5.74) is 0. The smallest absolute Gasteiger partial charge is 0.00506 e. The quantitative estimate of drug-likeness (QED) is 0.487. The zero-order valence-electron chi connectivity index (χ0n) is 15.1. The molecule has 0 aromatic heterocycles. The summed E-state index contributed by atoms with van der Waals surface area (Å²) in [5.74, 6) is 3.22. The number of hydrogen-bond acceptors (Lipinski definition) is 2. The lowest BCUT2D eigenvalue weighted by Gasteiger charge is -2.40. The molecule has 0 spiro atoms. The molecule has 0 aromatic rings. The second-order valence-corrected chi connectivity index (χ2v) is 12.0. The van der Waals surface area contributed by atoms with Crippen LogP contribution in [0.3, 0.4) is 0 Å². The average molecular weight is 353 g/mol. The van der Waals surface area contributed by atoms with Crippen molar-refractivity contribution in [3.05, 3.63) is 0 Å². The number of hydrogen-bond donors (Lipinski definition) is 0. The fourth-order valence-corrected chi connectivity index (χ4v) is 8.30. The fourth-order valence-electron chi connectivity index (χ4n) is 5.31. The Kier molecular flexibility index (Phi) is 5.91. The highest BCUT2D eigenvalue weighted by Gasteiger charge is 2.36. The molecule has 4 saturated carbocycles. The van der Waals surface area contributed by atoms with Crippen LogP contribution in [0.25, 0.3) is 0 Å². The number of thioether (sulfide) groups is 2. The summed E-state index contributed by atoms with van der Waals surface area (Å²) in [7, 11) is 0. The summed E-state index contributed by atoms with van der Waals surface area (Å²) >= 11 is 4.71. The van der Waals surface area contributed by atoms with E-state index in [4.69, 9.17) is 0 Å². The standard InChI is InChI=1S/C21H36S2/c1-2-21(15-3-7-17(8-4-15)22-19-11-12-19)16-5-9-18(10-6-16)23-20-13-14-20/h15-21H,2-14H2,1H3. The van der Waals surface area contributed by atoms with Crippen molar-refractivity contribution in [2.75, 3.05) is 0 Å². The van der Waals surface area contributed by atoms with Crippen LogP contribution in [-0.4, -0.2) is 21.0 Å². The Morgan fingerprint density at radius 1 is 0.565 bits per heavy atom. The maximum absolute atomic E-state index is 2.49. The molecule has 0 unspecified atom stereocenters. The highest BCUT2D eigenvalue weighted by molar-refractivity contribution is 8.01. The number of rotatable bonds is 7. The zero-order valence-corrected chi connectivity index (χ0v) is 16.7. The van der Waals surface area contributed by atoms with Gasteiger partial charge in [-0.15, -0.1) is 0 Å². The monoisotopic (exact) mass is 352 g/mol. The van der Waals surface area contributed by atoms with Crippen LogP contribution in [-0.2, 0) is 0 Å². The third kappa shape index (κ3) is 4.87. The van der Waals surface area contributed by atoms with Crippen molar-refractivity contribution < 1.29 is 0 Å². The maximum Gasteiger partial charge on any atom is 0.00506 e. The minimum absolute atomic E-state index is 1.03. The topological polar surface area (TPSA) is 0 Å². The summed E-state index contributed by atoms with van der Waals surface area (Å²) in [4.78, 5) is 0. The molecule has 0 atom stereocenters. The lowest BCUT2D eigenvalue weighted by molar-refractivity contribution is 0.142. The van der Waals surface area contributed by atoms with E-state index in [1.54, 1.807) is 25.7 Å². The summed E-state index contributed by atoms with van der Waals surface area (Å²) in [5, 5.41) is 4.19. The lowest BCUT2D eigenvalue weighted by atomic mass is 9.68. The molecule has 0 radical (unpaired) electrons. The van der Waals surface area contributed by atoms with Crippen molar-refractivity contribution in [3.8, 4) is 0 Å². The van der Waals surface area contributed by atoms with E-state index in [2.05, 4.69) is 30.4 Å². The molecule has 0 N–H and O–H groups in total. The van der Waals surface area contributed by atoms with E-state index < -0.39 is 0 Å². The third-order valence-corrected chi connectivity index (χ3v) is 10.4. The molecule has 0 heterocycles. The van der Waals surface area contributed by atoms with Crippen LogP contribution in [0.5, 0.6) is 0 Å². The molecule has 0 nitrogen and oxygen atoms in total. The lowest BCUT2D eigenvalue weighted by Crippen LogP contribution is -2.31. The van der Waals surface area contributed by atoms with Crippen LogP contribution in [0.4, 0.5) is 0 Å². The van der Waals surface area contributed by atoms with Crippen molar-refractivity contribution in [1.29, 1.82) is 0 Å². The largest absolute Gasteiger partial charge is 0.155 e. The molecule has 0 aliphatic heterocycles. The van der Waals surface area contributed by atoms with Crippen molar-refractivity contribution >= 4 is 23.5 Å². The van der Waals surface area contributed by atoms with Gasteiger partial charge < -0.3 is 0 Å². The average Bonchev–Trinajstić information content (AvgIpc) is 3.48. The van der Waals surface area contributed by atoms with E-state index in [0.29, 0.717) is 0 Å². The van der Waals surface area contributed by atoms with E-state index in [1.807, 2.05) is 0 Å². The SMILES string of the molecule is CCC(C1CCC(SC2CC2)CC1)C1CCC(SC2CC2)CC1. The van der Waals surface area contributed by atoms with Gasteiger partial charge in [0.05, 0.1) is 0 Å². The van der Waals surface area contributed by atoms with Gasteiger partial charge in [0.15, 0.2) is 0 Å². The molecule has 4 rings (SSSR count). The normalized spacial score (nSPS) is 40.0. The minimum Gasteiger partial charge on any atom is -0.155 e. The van der Waals surface area contributed by atoms with Crippen molar-refractivity contribution in [3.63, 3.8) is 0 Å². The zero-order chi connectivity index (χ0) is 15.6. The highest BCUT2D eigenvalue weighted by atomic mass is 32.2. The molecule has 0 bridgehead atoms. The van der Waals surface area contributed by atoms with E-state index in [9.17, 15) is 0 Å². The van der Waals surface area contributed by atoms with Crippen LogP contribution < -0.4 is 0 Å². The van der Waals surface area contributed by atoms with Gasteiger partial charge in [0.2, 0.25) is 0 Å². The Bertz CT molecular complexity index is 324. The van der Waals surface area contributed by atoms with Gasteiger partial charge >= 0.3 is 0 Å². The van der Waals surface area contributed by atoms with Gasteiger partial charge in [0.1, 0.15) is 0 Å². The Hall–Kier alpha value is 0.700. The second-order valence-electron chi connectivity index (χ2n) is 8.82. The van der Waals surface area contributed by atoms with Crippen LogP contribution in [0.2, 0.25) is 0 Å². The van der Waals surface area contributed by atoms with Gasteiger partial charge in [0.25, 0.3) is 0 Å². The second kappa shape index (κ2) is 7.94. The minimum atomic E-state index is 1.03. The van der Waals surface area contributed by atoms with Crippen molar-refractivity contribution in [2.24, 2.45) is 17.8 Å². The van der Waals surface area contributed by atoms with Crippen LogP contribution >= 0.6 is 23.5 Å². The fraction of sp³-hybridized carbons (Fsp3) is 1.00. The van der Waals surface area contributed by atoms with Gasteiger partial charge in [0, 0.05) is 21.0 Å². The van der Waals surface area contributed by atoms with E-state index in [-0.39, 0.29) is 0 Å². The Morgan fingerprint density at radius 3 is 1.13 bits per heavy atom. The van der Waals surface area contributed by atoms with Gasteiger partial charge in [-0.05, 0) is 94.8 Å². The van der Waals surface area contributed by atoms with E-state index in [0.717, 1.165) is 38.8 Å². The molecule has 132 valence electrons. The van der Waals surface area contributed by atoms with Gasteiger partial charge in [-0.25, -0.2) is 0 Å². The molecule has 4 aliphatic carbocycles. The molecular formula is C21H36S2. The highest BCUT2D eigenvalue weighted by Crippen LogP contribution is 2.48. The molecular weight excluding hydrogens is 316 g/mol. The molecule has 0 amide bonds. The Morgan fingerprint density at radius 2 is 0.870 bits per heavy atom. The molecule has 4 aliphatic rings. The van der Waals surface area contributed by atoms with Gasteiger partial charge in [-0.3, -0.25) is 0 Å². The van der Waals surface area contributed by atoms with Crippen LogP contribution in [0.1, 0.15) is 90.4 Å². The maximum atomic E-state index is 2.49. The molecule has 0 saturated heterocycles. The van der Waals surface area contributed by atoms with Gasteiger partial charge in [-0.1, -0.05) is 13.3 Å². The first-order chi connectivity index (χ1) is 11.3. The van der Waals surface area contributed by atoms with E-state index >= 15 is 0 Å². The third-order valence-electron chi connectivity index (χ3n) is 6.94. The summed E-state index contributed by atoms with van der Waals surface area (Å²) < 4.78 is 0. The predicted molar refractivity (Wildman–Crippen MR) is 106 cm³/mol. The Balaban J connectivity index is 1.22. The van der Waals surface area contributed by atoms with Crippen LogP contribution in [0, 0.1) is 17.8 Å². The first-order valence-electron chi connectivity index (χ1n) is 10.6. The molecule has 0 aromatic carbocycles. The van der Waals surface area contributed by atoms with Crippen molar-refractivity contribution in [1.82, 2.24) is 0 Å². The summed E-state index contributed by atoms with van der Waals surface area (Å²) in [6.45, 7) is 2.49. The first-order valence-corrected chi connectivity index (χ1v) is 12.5.